The number of aryl methyl sites for hydroxylation is 2. The lowest BCUT2D eigenvalue weighted by Crippen LogP contribution is -2.52. The van der Waals surface area contributed by atoms with E-state index in [2.05, 4.69) is 21.2 Å². The van der Waals surface area contributed by atoms with Gasteiger partial charge in [-0.15, -0.1) is 0 Å². The van der Waals surface area contributed by atoms with Gasteiger partial charge in [0, 0.05) is 16.7 Å². The van der Waals surface area contributed by atoms with E-state index in [9.17, 15) is 14.7 Å². The van der Waals surface area contributed by atoms with Crippen molar-refractivity contribution >= 4 is 33.6 Å². The second kappa shape index (κ2) is 5.67. The van der Waals surface area contributed by atoms with Crippen molar-refractivity contribution in [2.75, 3.05) is 11.9 Å². The number of aliphatic carboxylic acids is 1. The average molecular weight is 355 g/mol. The Labute approximate surface area is 132 Å². The summed E-state index contributed by atoms with van der Waals surface area (Å²) in [5.74, 6) is -0.960. The Kier molecular flexibility index (Phi) is 4.27. The van der Waals surface area contributed by atoms with Gasteiger partial charge in [-0.2, -0.15) is 0 Å². The Hall–Kier alpha value is -1.56. The molecule has 0 radical (unpaired) electrons. The molecular weight excluding hydrogens is 336 g/mol. The zero-order chi connectivity index (χ0) is 15.8. The number of amides is 2. The fraction of sp³-hybridized carbons (Fsp3) is 0.467. The van der Waals surface area contributed by atoms with Crippen LogP contribution in [0.4, 0.5) is 10.5 Å². The second-order valence-corrected chi connectivity index (χ2v) is 6.48. The summed E-state index contributed by atoms with van der Waals surface area (Å²) in [7, 11) is 0. The Morgan fingerprint density at radius 2 is 1.90 bits per heavy atom. The van der Waals surface area contributed by atoms with Gasteiger partial charge < -0.3 is 15.3 Å². The molecule has 1 aliphatic rings. The van der Waals surface area contributed by atoms with Crippen LogP contribution in [0.2, 0.25) is 0 Å². The first kappa shape index (κ1) is 15.8. The van der Waals surface area contributed by atoms with Gasteiger partial charge in [0.25, 0.3) is 0 Å². The minimum Gasteiger partial charge on any atom is -0.480 e. The summed E-state index contributed by atoms with van der Waals surface area (Å²) in [6.45, 7) is 5.96. The number of carbonyl (C=O) groups excluding carboxylic acids is 1. The van der Waals surface area contributed by atoms with Gasteiger partial charge in [-0.05, 0) is 56.9 Å². The maximum absolute atomic E-state index is 12.4. The molecule has 1 atom stereocenters. The smallest absolute Gasteiger partial charge is 0.329 e. The molecule has 1 aliphatic heterocycles. The van der Waals surface area contributed by atoms with Gasteiger partial charge in [0.05, 0.1) is 0 Å². The third kappa shape index (κ3) is 2.90. The van der Waals surface area contributed by atoms with Crippen LogP contribution in [0.25, 0.3) is 0 Å². The number of urea groups is 1. The van der Waals surface area contributed by atoms with Crippen LogP contribution in [0.5, 0.6) is 0 Å². The molecule has 1 saturated heterocycles. The monoisotopic (exact) mass is 354 g/mol. The SMILES string of the molecule is Cc1cc(NC(=O)N2CCCC2(C)C(=O)O)cc(C)c1Br. The highest BCUT2D eigenvalue weighted by Gasteiger charge is 2.46. The van der Waals surface area contributed by atoms with E-state index in [0.717, 1.165) is 15.6 Å². The summed E-state index contributed by atoms with van der Waals surface area (Å²) in [5, 5.41) is 12.2. The first-order valence-corrected chi connectivity index (χ1v) is 7.64. The number of carboxylic acids is 1. The minimum absolute atomic E-state index is 0.362. The molecule has 1 aromatic rings. The van der Waals surface area contributed by atoms with Gasteiger partial charge in [0.2, 0.25) is 0 Å². The van der Waals surface area contributed by atoms with Crippen molar-refractivity contribution < 1.29 is 14.7 Å². The van der Waals surface area contributed by atoms with E-state index in [1.807, 2.05) is 26.0 Å². The molecule has 0 saturated carbocycles. The van der Waals surface area contributed by atoms with Crippen molar-refractivity contribution in [2.45, 2.75) is 39.2 Å². The maximum Gasteiger partial charge on any atom is 0.329 e. The van der Waals surface area contributed by atoms with E-state index in [0.29, 0.717) is 25.1 Å². The van der Waals surface area contributed by atoms with Crippen LogP contribution >= 0.6 is 15.9 Å². The molecule has 2 amide bonds. The van der Waals surface area contributed by atoms with Crippen LogP contribution in [-0.4, -0.2) is 34.1 Å². The van der Waals surface area contributed by atoms with Gasteiger partial charge in [0.15, 0.2) is 0 Å². The van der Waals surface area contributed by atoms with Gasteiger partial charge in [-0.25, -0.2) is 9.59 Å². The van der Waals surface area contributed by atoms with Crippen molar-refractivity contribution in [3.8, 4) is 0 Å². The molecule has 0 aliphatic carbocycles. The summed E-state index contributed by atoms with van der Waals surface area (Å²) in [4.78, 5) is 25.2. The van der Waals surface area contributed by atoms with Gasteiger partial charge in [-0.3, -0.25) is 0 Å². The minimum atomic E-state index is -1.12. The number of nitrogens with one attached hydrogen (secondary N) is 1. The number of carboxylic acid groups (broad SMARTS) is 1. The second-order valence-electron chi connectivity index (χ2n) is 5.69. The largest absolute Gasteiger partial charge is 0.480 e. The third-order valence-electron chi connectivity index (χ3n) is 4.03. The fourth-order valence-corrected chi connectivity index (χ4v) is 2.95. The molecule has 0 aromatic heterocycles. The van der Waals surface area contributed by atoms with Crippen LogP contribution in [0.3, 0.4) is 0 Å². The van der Waals surface area contributed by atoms with Crippen molar-refractivity contribution in [1.29, 1.82) is 0 Å². The fourth-order valence-electron chi connectivity index (χ4n) is 2.72. The standard InChI is InChI=1S/C15H19BrN2O3/c1-9-7-11(8-10(2)12(9)16)17-14(21)18-6-4-5-15(18,3)13(19)20/h7-8H,4-6H2,1-3H3,(H,17,21)(H,19,20). The predicted molar refractivity (Wildman–Crippen MR) is 84.6 cm³/mol. The normalized spacial score (nSPS) is 21.4. The molecule has 0 spiro atoms. The number of anilines is 1. The number of carbonyl (C=O) groups is 2. The van der Waals surface area contributed by atoms with Crippen LogP contribution in [0.1, 0.15) is 30.9 Å². The highest BCUT2D eigenvalue weighted by atomic mass is 79.9. The molecule has 1 aromatic carbocycles. The molecule has 0 bridgehead atoms. The number of halogens is 1. The maximum atomic E-state index is 12.4. The molecule has 2 N–H and O–H groups in total. The lowest BCUT2D eigenvalue weighted by molar-refractivity contribution is -0.146. The Balaban J connectivity index is 2.20. The topological polar surface area (TPSA) is 69.6 Å². The molecule has 6 heteroatoms. The van der Waals surface area contributed by atoms with Crippen molar-refractivity contribution in [3.05, 3.63) is 27.7 Å². The molecule has 114 valence electrons. The van der Waals surface area contributed by atoms with Gasteiger partial charge in [-0.1, -0.05) is 15.9 Å². The first-order valence-electron chi connectivity index (χ1n) is 6.84. The number of hydrogen-bond donors (Lipinski definition) is 2. The zero-order valence-electron chi connectivity index (χ0n) is 12.4. The van der Waals surface area contributed by atoms with Gasteiger partial charge >= 0.3 is 12.0 Å². The highest BCUT2D eigenvalue weighted by Crippen LogP contribution is 2.31. The summed E-state index contributed by atoms with van der Waals surface area (Å²) in [5.41, 5.74) is 1.60. The lowest BCUT2D eigenvalue weighted by atomic mass is 10.00. The van der Waals surface area contributed by atoms with E-state index in [1.54, 1.807) is 6.92 Å². The number of benzene rings is 1. The molecule has 21 heavy (non-hydrogen) atoms. The van der Waals surface area contributed by atoms with E-state index in [1.165, 1.54) is 4.90 Å². The number of nitrogens with zero attached hydrogens (tertiary/aromatic N) is 1. The van der Waals surface area contributed by atoms with E-state index in [-0.39, 0.29) is 6.03 Å². The van der Waals surface area contributed by atoms with Crippen LogP contribution in [0, 0.1) is 13.8 Å². The molecule has 1 fully saturated rings. The average Bonchev–Trinajstić information content (AvgIpc) is 2.79. The Morgan fingerprint density at radius 1 is 1.33 bits per heavy atom. The zero-order valence-corrected chi connectivity index (χ0v) is 14.0. The third-order valence-corrected chi connectivity index (χ3v) is 5.29. The van der Waals surface area contributed by atoms with Crippen LogP contribution in [0.15, 0.2) is 16.6 Å². The van der Waals surface area contributed by atoms with E-state index < -0.39 is 11.5 Å². The predicted octanol–water partition coefficient (Wildman–Crippen LogP) is 3.54. The summed E-state index contributed by atoms with van der Waals surface area (Å²) >= 11 is 3.48. The summed E-state index contributed by atoms with van der Waals surface area (Å²) in [6, 6.07) is 3.37. The molecule has 2 rings (SSSR count). The number of hydrogen-bond acceptors (Lipinski definition) is 2. The lowest BCUT2D eigenvalue weighted by Gasteiger charge is -2.31. The first-order chi connectivity index (χ1) is 9.75. The number of likely N-dealkylation sites (tertiary alicyclic amines) is 1. The Morgan fingerprint density at radius 3 is 2.43 bits per heavy atom. The van der Waals surface area contributed by atoms with Gasteiger partial charge in [0.1, 0.15) is 5.54 Å². The molecular formula is C15H19BrN2O3. The van der Waals surface area contributed by atoms with Crippen molar-refractivity contribution in [1.82, 2.24) is 4.90 Å². The van der Waals surface area contributed by atoms with Crippen LogP contribution in [-0.2, 0) is 4.79 Å². The summed E-state index contributed by atoms with van der Waals surface area (Å²) < 4.78 is 1.01. The molecule has 1 unspecified atom stereocenters. The van der Waals surface area contributed by atoms with Crippen molar-refractivity contribution in [3.63, 3.8) is 0 Å². The Bertz CT molecular complexity index is 580. The van der Waals surface area contributed by atoms with Crippen molar-refractivity contribution in [2.24, 2.45) is 0 Å². The number of rotatable bonds is 2. The molecule has 5 nitrogen and oxygen atoms in total. The van der Waals surface area contributed by atoms with E-state index in [4.69, 9.17) is 0 Å². The summed E-state index contributed by atoms with van der Waals surface area (Å²) in [6.07, 6.45) is 1.18. The van der Waals surface area contributed by atoms with Crippen LogP contribution < -0.4 is 5.32 Å². The molecule has 1 heterocycles. The highest BCUT2D eigenvalue weighted by molar-refractivity contribution is 9.10. The van der Waals surface area contributed by atoms with E-state index >= 15 is 0 Å². The quantitative estimate of drug-likeness (QED) is 0.853.